The number of aryl methyl sites for hydroxylation is 1. The van der Waals surface area contributed by atoms with E-state index in [0.29, 0.717) is 22.7 Å². The van der Waals surface area contributed by atoms with E-state index in [-0.39, 0.29) is 18.4 Å². The fraction of sp³-hybridized carbons (Fsp3) is 0.125. The molecule has 0 saturated carbocycles. The number of hydrazone groups is 1. The molecule has 0 heterocycles. The Balaban J connectivity index is 1.52. The molecule has 0 radical (unpaired) electrons. The van der Waals surface area contributed by atoms with Crippen LogP contribution in [0.2, 0.25) is 0 Å². The van der Waals surface area contributed by atoms with Crippen LogP contribution in [0.1, 0.15) is 28.4 Å². The Morgan fingerprint density at radius 1 is 0.867 bits per heavy atom. The quantitative estimate of drug-likeness (QED) is 0.461. The fourth-order valence-electron chi connectivity index (χ4n) is 2.69. The number of nitrogens with one attached hydrogen (secondary N) is 2. The third-order valence-electron chi connectivity index (χ3n) is 4.40. The van der Waals surface area contributed by atoms with Gasteiger partial charge in [-0.15, -0.1) is 0 Å². The van der Waals surface area contributed by atoms with Crippen molar-refractivity contribution in [1.29, 1.82) is 0 Å². The molecule has 30 heavy (non-hydrogen) atoms. The zero-order chi connectivity index (χ0) is 21.3. The number of rotatable bonds is 7. The Bertz CT molecular complexity index is 1040. The van der Waals surface area contributed by atoms with Crippen molar-refractivity contribution in [1.82, 2.24) is 5.43 Å². The minimum Gasteiger partial charge on any atom is -0.483 e. The van der Waals surface area contributed by atoms with Crippen LogP contribution in [0.5, 0.6) is 5.75 Å². The first kappa shape index (κ1) is 20.8. The first-order valence-electron chi connectivity index (χ1n) is 9.51. The summed E-state index contributed by atoms with van der Waals surface area (Å²) < 4.78 is 5.50. The number of para-hydroxylation sites is 1. The van der Waals surface area contributed by atoms with E-state index in [9.17, 15) is 9.59 Å². The summed E-state index contributed by atoms with van der Waals surface area (Å²) in [6.45, 7) is 3.59. The molecule has 0 saturated heterocycles. The normalized spacial score (nSPS) is 10.9. The van der Waals surface area contributed by atoms with Crippen LogP contribution >= 0.6 is 0 Å². The molecule has 0 unspecified atom stereocenters. The Kier molecular flexibility index (Phi) is 6.95. The number of benzene rings is 3. The summed E-state index contributed by atoms with van der Waals surface area (Å²) >= 11 is 0. The fourth-order valence-corrected chi connectivity index (χ4v) is 2.69. The van der Waals surface area contributed by atoms with Crippen LogP contribution in [0.25, 0.3) is 0 Å². The second kappa shape index (κ2) is 10.0. The van der Waals surface area contributed by atoms with Crippen LogP contribution in [0.4, 0.5) is 5.69 Å². The number of anilines is 1. The Labute approximate surface area is 175 Å². The van der Waals surface area contributed by atoms with Gasteiger partial charge < -0.3 is 10.1 Å². The molecule has 3 aromatic carbocycles. The maximum absolute atomic E-state index is 12.2. The number of hydrogen-bond acceptors (Lipinski definition) is 4. The molecule has 2 N–H and O–H groups in total. The van der Waals surface area contributed by atoms with Gasteiger partial charge in [-0.1, -0.05) is 48.5 Å². The van der Waals surface area contributed by atoms with E-state index in [4.69, 9.17) is 4.74 Å². The van der Waals surface area contributed by atoms with Gasteiger partial charge in [0.05, 0.1) is 5.71 Å². The van der Waals surface area contributed by atoms with Gasteiger partial charge in [0.2, 0.25) is 0 Å². The van der Waals surface area contributed by atoms with Crippen molar-refractivity contribution >= 4 is 23.2 Å². The topological polar surface area (TPSA) is 79.8 Å². The molecule has 2 amide bonds. The molecule has 0 aliphatic rings. The molecule has 0 aliphatic heterocycles. The van der Waals surface area contributed by atoms with E-state index in [1.165, 1.54) is 0 Å². The molecule has 3 rings (SSSR count). The minimum absolute atomic E-state index is 0.119. The van der Waals surface area contributed by atoms with Gasteiger partial charge in [-0.05, 0) is 55.3 Å². The van der Waals surface area contributed by atoms with E-state index in [1.807, 2.05) is 61.5 Å². The smallest absolute Gasteiger partial charge is 0.277 e. The summed E-state index contributed by atoms with van der Waals surface area (Å²) in [5.74, 6) is 0.153. The highest BCUT2D eigenvalue weighted by Gasteiger charge is 2.07. The third kappa shape index (κ3) is 5.78. The number of nitrogens with zero attached hydrogens (tertiary/aromatic N) is 1. The molecule has 152 valence electrons. The second-order valence-electron chi connectivity index (χ2n) is 6.68. The number of amides is 2. The largest absolute Gasteiger partial charge is 0.483 e. The van der Waals surface area contributed by atoms with Crippen LogP contribution in [-0.2, 0) is 4.79 Å². The van der Waals surface area contributed by atoms with Crippen molar-refractivity contribution in [3.8, 4) is 5.75 Å². The highest BCUT2D eigenvalue weighted by Crippen LogP contribution is 2.16. The van der Waals surface area contributed by atoms with Gasteiger partial charge in [0.25, 0.3) is 11.8 Å². The van der Waals surface area contributed by atoms with Crippen molar-refractivity contribution < 1.29 is 14.3 Å². The highest BCUT2D eigenvalue weighted by atomic mass is 16.5. The lowest BCUT2D eigenvalue weighted by Gasteiger charge is -2.08. The van der Waals surface area contributed by atoms with Gasteiger partial charge >= 0.3 is 0 Å². The molecule has 0 fully saturated rings. The van der Waals surface area contributed by atoms with E-state index in [1.54, 1.807) is 31.2 Å². The lowest BCUT2D eigenvalue weighted by atomic mass is 10.1. The Hall–Kier alpha value is -3.93. The molecule has 0 aromatic heterocycles. The lowest BCUT2D eigenvalue weighted by molar-refractivity contribution is -0.123. The second-order valence-corrected chi connectivity index (χ2v) is 6.68. The summed E-state index contributed by atoms with van der Waals surface area (Å²) in [7, 11) is 0. The maximum Gasteiger partial charge on any atom is 0.277 e. The maximum atomic E-state index is 12.2. The molecule has 0 atom stereocenters. The summed E-state index contributed by atoms with van der Waals surface area (Å²) in [6.07, 6.45) is 0. The number of ether oxygens (including phenoxy) is 1. The van der Waals surface area contributed by atoms with E-state index >= 15 is 0 Å². The van der Waals surface area contributed by atoms with Gasteiger partial charge in [0.15, 0.2) is 6.61 Å². The van der Waals surface area contributed by atoms with Crippen molar-refractivity contribution in [2.45, 2.75) is 13.8 Å². The van der Waals surface area contributed by atoms with Crippen molar-refractivity contribution in [2.75, 3.05) is 11.9 Å². The number of carbonyl (C=O) groups is 2. The average molecular weight is 401 g/mol. The van der Waals surface area contributed by atoms with Gasteiger partial charge in [0.1, 0.15) is 5.75 Å². The number of hydrogen-bond donors (Lipinski definition) is 2. The van der Waals surface area contributed by atoms with E-state index in [2.05, 4.69) is 15.8 Å². The summed E-state index contributed by atoms with van der Waals surface area (Å²) in [4.78, 5) is 24.2. The zero-order valence-electron chi connectivity index (χ0n) is 16.9. The molecule has 0 spiro atoms. The van der Waals surface area contributed by atoms with Crippen LogP contribution in [0.3, 0.4) is 0 Å². The van der Waals surface area contributed by atoms with Gasteiger partial charge in [-0.3, -0.25) is 9.59 Å². The van der Waals surface area contributed by atoms with Gasteiger partial charge in [0, 0.05) is 11.3 Å². The minimum atomic E-state index is -0.343. The van der Waals surface area contributed by atoms with E-state index in [0.717, 1.165) is 11.1 Å². The highest BCUT2D eigenvalue weighted by molar-refractivity contribution is 6.05. The molecular formula is C24H23N3O3. The standard InChI is InChI=1S/C24H23N3O3/c1-17-8-6-7-11-22(17)30-16-23(28)27-26-18(2)19-12-14-21(15-13-19)25-24(29)20-9-4-3-5-10-20/h3-15H,16H2,1-2H3,(H,25,29)(H,27,28). The molecule has 6 heteroatoms. The third-order valence-corrected chi connectivity index (χ3v) is 4.40. The monoisotopic (exact) mass is 401 g/mol. The molecule has 3 aromatic rings. The van der Waals surface area contributed by atoms with Crippen LogP contribution < -0.4 is 15.5 Å². The van der Waals surface area contributed by atoms with Gasteiger partial charge in [-0.25, -0.2) is 5.43 Å². The Morgan fingerprint density at radius 2 is 1.53 bits per heavy atom. The van der Waals surface area contributed by atoms with Gasteiger partial charge in [-0.2, -0.15) is 5.10 Å². The van der Waals surface area contributed by atoms with E-state index < -0.39 is 0 Å². The summed E-state index contributed by atoms with van der Waals surface area (Å²) in [5.41, 5.74) is 6.19. The summed E-state index contributed by atoms with van der Waals surface area (Å²) in [6, 6.07) is 23.7. The molecule has 0 aliphatic carbocycles. The predicted octanol–water partition coefficient (Wildman–Crippen LogP) is 4.17. The molecule has 6 nitrogen and oxygen atoms in total. The van der Waals surface area contributed by atoms with Crippen molar-refractivity contribution in [3.05, 3.63) is 95.6 Å². The van der Waals surface area contributed by atoms with Crippen LogP contribution in [0.15, 0.2) is 84.0 Å². The average Bonchev–Trinajstić information content (AvgIpc) is 2.78. The molecular weight excluding hydrogens is 378 g/mol. The predicted molar refractivity (Wildman–Crippen MR) is 118 cm³/mol. The number of carbonyl (C=O) groups excluding carboxylic acids is 2. The Morgan fingerprint density at radius 3 is 2.23 bits per heavy atom. The SMILES string of the molecule is CC(=NNC(=O)COc1ccccc1C)c1ccc(NC(=O)c2ccccc2)cc1. The first-order valence-corrected chi connectivity index (χ1v) is 9.51. The van der Waals surface area contributed by atoms with Crippen LogP contribution in [-0.4, -0.2) is 24.1 Å². The van der Waals surface area contributed by atoms with Crippen molar-refractivity contribution in [3.63, 3.8) is 0 Å². The zero-order valence-corrected chi connectivity index (χ0v) is 16.9. The first-order chi connectivity index (χ1) is 14.5. The lowest BCUT2D eigenvalue weighted by Crippen LogP contribution is -2.25. The van der Waals surface area contributed by atoms with Crippen molar-refractivity contribution in [2.24, 2.45) is 5.10 Å². The molecule has 0 bridgehead atoms. The summed E-state index contributed by atoms with van der Waals surface area (Å²) in [5, 5.41) is 6.96. The van der Waals surface area contributed by atoms with Crippen LogP contribution in [0, 0.1) is 6.92 Å².